The van der Waals surface area contributed by atoms with Gasteiger partial charge in [-0.05, 0) is 56.4 Å². The zero-order chi connectivity index (χ0) is 23.2. The van der Waals surface area contributed by atoms with Crippen LogP contribution in [-0.2, 0) is 24.4 Å². The second-order valence-corrected chi connectivity index (χ2v) is 9.47. The highest BCUT2D eigenvalue weighted by atomic mass is 16.5. The third-order valence-corrected chi connectivity index (χ3v) is 6.80. The summed E-state index contributed by atoms with van der Waals surface area (Å²) in [5.41, 5.74) is 3.43. The van der Waals surface area contributed by atoms with Crippen molar-refractivity contribution >= 4 is 5.91 Å². The number of carbonyl (C=O) groups is 1. The van der Waals surface area contributed by atoms with Crippen LogP contribution in [0.5, 0.6) is 0 Å². The van der Waals surface area contributed by atoms with Crippen LogP contribution >= 0.6 is 0 Å². The highest BCUT2D eigenvalue weighted by molar-refractivity contribution is 5.79. The molecule has 0 radical (unpaired) electrons. The Kier molecular flexibility index (Phi) is 7.31. The van der Waals surface area contributed by atoms with Gasteiger partial charge in [0.2, 0.25) is 17.6 Å². The largest absolute Gasteiger partial charge is 0.352 e. The average molecular weight is 460 g/mol. The van der Waals surface area contributed by atoms with Crippen molar-refractivity contribution in [1.29, 1.82) is 0 Å². The van der Waals surface area contributed by atoms with E-state index in [4.69, 9.17) is 4.52 Å². The van der Waals surface area contributed by atoms with Crippen LogP contribution in [0.1, 0.15) is 42.7 Å². The molecule has 1 atom stereocenters. The van der Waals surface area contributed by atoms with E-state index in [1.54, 1.807) is 0 Å². The molecule has 3 aromatic rings. The molecule has 1 N–H and O–H groups in total. The lowest BCUT2D eigenvalue weighted by Gasteiger charge is -2.30. The van der Waals surface area contributed by atoms with Crippen molar-refractivity contribution in [3.8, 4) is 11.4 Å². The van der Waals surface area contributed by atoms with Gasteiger partial charge in [-0.3, -0.25) is 14.6 Å². The predicted molar refractivity (Wildman–Crippen MR) is 131 cm³/mol. The van der Waals surface area contributed by atoms with Gasteiger partial charge in [-0.25, -0.2) is 0 Å². The summed E-state index contributed by atoms with van der Waals surface area (Å²) in [6.07, 6.45) is 4.50. The minimum atomic E-state index is -0.0157. The number of amides is 1. The molecule has 1 amide bonds. The Bertz CT molecular complexity index is 1080. The van der Waals surface area contributed by atoms with Crippen LogP contribution in [0.4, 0.5) is 0 Å². The predicted octanol–water partition coefficient (Wildman–Crippen LogP) is 3.86. The van der Waals surface area contributed by atoms with Crippen molar-refractivity contribution in [2.75, 3.05) is 26.2 Å². The zero-order valence-electron chi connectivity index (χ0n) is 19.7. The zero-order valence-corrected chi connectivity index (χ0v) is 19.7. The molecule has 0 aliphatic carbocycles. The minimum absolute atomic E-state index is 0.0157. The Hall–Kier alpha value is -3.03. The fourth-order valence-electron chi connectivity index (χ4n) is 5.00. The first-order valence-corrected chi connectivity index (χ1v) is 12.4. The third-order valence-electron chi connectivity index (χ3n) is 6.80. The highest BCUT2D eigenvalue weighted by Gasteiger charge is 2.27. The molecular formula is C27H33N5O2. The minimum Gasteiger partial charge on any atom is -0.352 e. The van der Waals surface area contributed by atoms with Gasteiger partial charge in [-0.15, -0.1) is 0 Å². The quantitative estimate of drug-likeness (QED) is 0.551. The molecule has 1 unspecified atom stereocenters. The molecule has 1 aromatic heterocycles. The molecule has 34 heavy (non-hydrogen) atoms. The molecule has 7 heteroatoms. The van der Waals surface area contributed by atoms with Crippen LogP contribution in [0.15, 0.2) is 59.1 Å². The molecule has 0 bridgehead atoms. The first-order chi connectivity index (χ1) is 16.7. The summed E-state index contributed by atoms with van der Waals surface area (Å²) in [6, 6.07) is 18.4. The standard InChI is InChI=1S/C27H33N5O2/c33-27(28-17-21-8-6-9-22(16-21)18-31-13-4-5-14-31)24-12-7-15-32(19-24)20-25-29-26(30-34-25)23-10-2-1-3-11-23/h1-3,6,8-11,16,24H,4-5,7,12-15,17-20H2,(H,28,33). The maximum absolute atomic E-state index is 12.9. The number of hydrogen-bond donors (Lipinski definition) is 1. The van der Waals surface area contributed by atoms with E-state index >= 15 is 0 Å². The summed E-state index contributed by atoms with van der Waals surface area (Å²) in [5, 5.41) is 7.28. The number of hydrogen-bond acceptors (Lipinski definition) is 6. The number of rotatable bonds is 8. The number of nitrogens with one attached hydrogen (secondary N) is 1. The molecule has 2 fully saturated rings. The smallest absolute Gasteiger partial charge is 0.241 e. The molecule has 2 aliphatic heterocycles. The van der Waals surface area contributed by atoms with E-state index in [-0.39, 0.29) is 11.8 Å². The van der Waals surface area contributed by atoms with Crippen molar-refractivity contribution < 1.29 is 9.32 Å². The van der Waals surface area contributed by atoms with E-state index in [0.29, 0.717) is 31.3 Å². The van der Waals surface area contributed by atoms with Crippen LogP contribution in [0.2, 0.25) is 0 Å². The van der Waals surface area contributed by atoms with Crippen LogP contribution in [0.3, 0.4) is 0 Å². The lowest BCUT2D eigenvalue weighted by atomic mass is 9.97. The summed E-state index contributed by atoms with van der Waals surface area (Å²) >= 11 is 0. The van der Waals surface area contributed by atoms with Gasteiger partial charge in [-0.1, -0.05) is 59.8 Å². The number of piperidine rings is 1. The van der Waals surface area contributed by atoms with Crippen LogP contribution < -0.4 is 5.32 Å². The fraction of sp³-hybridized carbons (Fsp3) is 0.444. The van der Waals surface area contributed by atoms with E-state index < -0.39 is 0 Å². The number of nitrogens with zero attached hydrogens (tertiary/aromatic N) is 4. The van der Waals surface area contributed by atoms with Crippen molar-refractivity contribution in [2.24, 2.45) is 5.92 Å². The maximum atomic E-state index is 12.9. The second-order valence-electron chi connectivity index (χ2n) is 9.47. The van der Waals surface area contributed by atoms with Crippen molar-refractivity contribution in [3.05, 3.63) is 71.6 Å². The molecule has 0 saturated carbocycles. The van der Waals surface area contributed by atoms with Gasteiger partial charge in [0.05, 0.1) is 12.5 Å². The number of benzene rings is 2. The van der Waals surface area contributed by atoms with Gasteiger partial charge in [-0.2, -0.15) is 4.98 Å². The monoisotopic (exact) mass is 459 g/mol. The number of aromatic nitrogens is 2. The second kappa shape index (κ2) is 10.9. The van der Waals surface area contributed by atoms with E-state index in [1.807, 2.05) is 30.3 Å². The lowest BCUT2D eigenvalue weighted by molar-refractivity contribution is -0.127. The molecule has 2 aliphatic rings. The summed E-state index contributed by atoms with van der Waals surface area (Å²) in [7, 11) is 0. The van der Waals surface area contributed by atoms with Gasteiger partial charge in [0.15, 0.2) is 0 Å². The molecule has 0 spiro atoms. The summed E-state index contributed by atoms with van der Waals surface area (Å²) < 4.78 is 5.47. The van der Waals surface area contributed by atoms with Crippen LogP contribution in [0, 0.1) is 5.92 Å². The van der Waals surface area contributed by atoms with Gasteiger partial charge in [0.1, 0.15) is 0 Å². The Morgan fingerprint density at radius 1 is 0.941 bits per heavy atom. The van der Waals surface area contributed by atoms with E-state index in [0.717, 1.165) is 37.1 Å². The Labute approximate surface area is 201 Å². The maximum Gasteiger partial charge on any atom is 0.241 e. The van der Waals surface area contributed by atoms with Crippen molar-refractivity contribution in [3.63, 3.8) is 0 Å². The molecule has 5 rings (SSSR count). The molecule has 3 heterocycles. The van der Waals surface area contributed by atoms with Crippen molar-refractivity contribution in [2.45, 2.75) is 45.3 Å². The molecule has 7 nitrogen and oxygen atoms in total. The molecule has 178 valence electrons. The van der Waals surface area contributed by atoms with Crippen LogP contribution in [0.25, 0.3) is 11.4 Å². The molecular weight excluding hydrogens is 426 g/mol. The van der Waals surface area contributed by atoms with Gasteiger partial charge < -0.3 is 9.84 Å². The highest BCUT2D eigenvalue weighted by Crippen LogP contribution is 2.21. The normalized spacial score (nSPS) is 19.4. The fourth-order valence-corrected chi connectivity index (χ4v) is 5.00. The Morgan fingerprint density at radius 2 is 1.74 bits per heavy atom. The first kappa shape index (κ1) is 22.7. The summed E-state index contributed by atoms with van der Waals surface area (Å²) in [6.45, 7) is 6.18. The summed E-state index contributed by atoms with van der Waals surface area (Å²) in [4.78, 5) is 22.2. The van der Waals surface area contributed by atoms with E-state index in [2.05, 4.69) is 49.5 Å². The number of carbonyl (C=O) groups excluding carboxylic acids is 1. The number of likely N-dealkylation sites (tertiary alicyclic amines) is 2. The Morgan fingerprint density at radius 3 is 2.59 bits per heavy atom. The third kappa shape index (κ3) is 5.90. The topological polar surface area (TPSA) is 74.5 Å². The van der Waals surface area contributed by atoms with E-state index in [1.165, 1.54) is 31.5 Å². The Balaban J connectivity index is 1.12. The van der Waals surface area contributed by atoms with Gasteiger partial charge in [0, 0.05) is 25.2 Å². The van der Waals surface area contributed by atoms with Crippen molar-refractivity contribution in [1.82, 2.24) is 25.3 Å². The van der Waals surface area contributed by atoms with E-state index in [9.17, 15) is 4.79 Å². The SMILES string of the molecule is O=C(NCc1cccc(CN2CCCC2)c1)C1CCCN(Cc2nc(-c3ccccc3)no2)C1. The average Bonchev–Trinajstić information content (AvgIpc) is 3.56. The van der Waals surface area contributed by atoms with Crippen LogP contribution in [-0.4, -0.2) is 52.0 Å². The van der Waals surface area contributed by atoms with Gasteiger partial charge in [0.25, 0.3) is 0 Å². The first-order valence-electron chi connectivity index (χ1n) is 12.4. The lowest BCUT2D eigenvalue weighted by Crippen LogP contribution is -2.42. The molecule has 2 aromatic carbocycles. The molecule has 2 saturated heterocycles. The van der Waals surface area contributed by atoms with Gasteiger partial charge >= 0.3 is 0 Å². The summed E-state index contributed by atoms with van der Waals surface area (Å²) in [5.74, 6) is 1.31.